The van der Waals surface area contributed by atoms with Crippen LogP contribution in [0.15, 0.2) is 18.2 Å². The van der Waals surface area contributed by atoms with Gasteiger partial charge in [-0.05, 0) is 23.8 Å². The van der Waals surface area contributed by atoms with Crippen molar-refractivity contribution in [1.82, 2.24) is 0 Å². The van der Waals surface area contributed by atoms with Crippen molar-refractivity contribution in [3.63, 3.8) is 0 Å². The van der Waals surface area contributed by atoms with E-state index in [1.807, 2.05) is 0 Å². The number of hydrogen-bond donors (Lipinski definition) is 1. The zero-order valence-corrected chi connectivity index (χ0v) is 8.47. The number of benzene rings is 1. The lowest BCUT2D eigenvalue weighted by Crippen LogP contribution is -2.14. The number of ketones is 1. The lowest BCUT2D eigenvalue weighted by Gasteiger charge is -1.99. The second-order valence-corrected chi connectivity index (χ2v) is 3.56. The molecule has 0 atom stereocenters. The van der Waals surface area contributed by atoms with E-state index in [0.717, 1.165) is 0 Å². The summed E-state index contributed by atoms with van der Waals surface area (Å²) in [5, 5.41) is 9.13. The fraction of sp³-hybridized carbons (Fsp3) is 0.111. The minimum absolute atomic E-state index is 0.199. The molecule has 74 valence electrons. The summed E-state index contributed by atoms with van der Waals surface area (Å²) >= 11 is 11.3. The van der Waals surface area contributed by atoms with Crippen LogP contribution in [0.4, 0.5) is 0 Å². The molecule has 0 spiro atoms. The summed E-state index contributed by atoms with van der Waals surface area (Å²) in [4.78, 5) is 21.1. The van der Waals surface area contributed by atoms with E-state index in [9.17, 15) is 9.59 Å². The predicted molar refractivity (Wildman–Crippen MR) is 52.8 cm³/mol. The molecular formula is C9H6Cl2O3. The summed E-state index contributed by atoms with van der Waals surface area (Å²) in [6, 6.07) is 4.53. The molecule has 1 N–H and O–H groups in total. The van der Waals surface area contributed by atoms with Gasteiger partial charge in [-0.3, -0.25) is 4.79 Å². The van der Waals surface area contributed by atoms with Gasteiger partial charge < -0.3 is 5.11 Å². The maximum absolute atomic E-state index is 10.8. The molecule has 0 saturated carbocycles. The van der Waals surface area contributed by atoms with Gasteiger partial charge in [0.25, 0.3) is 0 Å². The minimum atomic E-state index is -1.46. The first kappa shape index (κ1) is 11.0. The largest absolute Gasteiger partial charge is 0.475 e. The Morgan fingerprint density at radius 3 is 2.07 bits per heavy atom. The van der Waals surface area contributed by atoms with Gasteiger partial charge in [0.1, 0.15) is 0 Å². The van der Waals surface area contributed by atoms with Crippen LogP contribution in [0.1, 0.15) is 5.56 Å². The van der Waals surface area contributed by atoms with E-state index in [4.69, 9.17) is 28.3 Å². The van der Waals surface area contributed by atoms with Gasteiger partial charge in [0.05, 0.1) is 0 Å². The molecule has 5 heteroatoms. The number of rotatable bonds is 3. The van der Waals surface area contributed by atoms with E-state index < -0.39 is 11.8 Å². The molecule has 0 aliphatic heterocycles. The van der Waals surface area contributed by atoms with Gasteiger partial charge in [0.2, 0.25) is 5.78 Å². The summed E-state index contributed by atoms with van der Waals surface area (Å²) in [5.41, 5.74) is 0.495. The maximum Gasteiger partial charge on any atom is 0.372 e. The Hall–Kier alpha value is -1.06. The molecule has 0 aliphatic carbocycles. The second-order valence-electron chi connectivity index (χ2n) is 2.68. The van der Waals surface area contributed by atoms with Gasteiger partial charge in [-0.15, -0.1) is 0 Å². The highest BCUT2D eigenvalue weighted by molar-refractivity contribution is 6.35. The third-order valence-electron chi connectivity index (χ3n) is 1.53. The summed E-state index contributed by atoms with van der Waals surface area (Å²) in [7, 11) is 0. The van der Waals surface area contributed by atoms with Crippen molar-refractivity contribution in [2.75, 3.05) is 0 Å². The Morgan fingerprint density at radius 2 is 1.64 bits per heavy atom. The van der Waals surface area contributed by atoms with Gasteiger partial charge in [0.15, 0.2) is 0 Å². The fourth-order valence-corrected chi connectivity index (χ4v) is 1.55. The molecule has 1 aromatic carbocycles. The molecule has 0 unspecified atom stereocenters. The number of carboxylic acids is 1. The molecule has 0 fully saturated rings. The van der Waals surface area contributed by atoms with Crippen LogP contribution < -0.4 is 0 Å². The highest BCUT2D eigenvalue weighted by atomic mass is 35.5. The van der Waals surface area contributed by atoms with Crippen molar-refractivity contribution >= 4 is 35.0 Å². The van der Waals surface area contributed by atoms with E-state index in [0.29, 0.717) is 15.6 Å². The Bertz CT molecular complexity index is 367. The number of Topliss-reactive ketones (excluding diaryl/α,β-unsaturated/α-hetero) is 1. The molecular weight excluding hydrogens is 227 g/mol. The van der Waals surface area contributed by atoms with Crippen molar-refractivity contribution in [2.24, 2.45) is 0 Å². The number of carbonyl (C=O) groups excluding carboxylic acids is 1. The first-order chi connectivity index (χ1) is 6.49. The minimum Gasteiger partial charge on any atom is -0.475 e. The number of hydrogen-bond acceptors (Lipinski definition) is 2. The van der Waals surface area contributed by atoms with E-state index in [2.05, 4.69) is 0 Å². The van der Waals surface area contributed by atoms with Crippen molar-refractivity contribution in [3.05, 3.63) is 33.8 Å². The average molecular weight is 233 g/mol. The van der Waals surface area contributed by atoms with Crippen molar-refractivity contribution in [1.29, 1.82) is 0 Å². The van der Waals surface area contributed by atoms with Crippen LogP contribution in [0.5, 0.6) is 0 Å². The highest BCUT2D eigenvalue weighted by Crippen LogP contribution is 2.19. The van der Waals surface area contributed by atoms with Crippen LogP contribution in [0.2, 0.25) is 10.0 Å². The molecule has 1 aromatic rings. The zero-order valence-electron chi connectivity index (χ0n) is 6.96. The third-order valence-corrected chi connectivity index (χ3v) is 1.96. The topological polar surface area (TPSA) is 54.4 Å². The summed E-state index contributed by atoms with van der Waals surface area (Å²) in [6.07, 6.45) is -0.199. The van der Waals surface area contributed by atoms with Crippen LogP contribution in [0.3, 0.4) is 0 Å². The molecule has 0 saturated heterocycles. The summed E-state index contributed by atoms with van der Waals surface area (Å²) in [6.45, 7) is 0. The third kappa shape index (κ3) is 3.01. The zero-order chi connectivity index (χ0) is 10.7. The van der Waals surface area contributed by atoms with Gasteiger partial charge in [-0.1, -0.05) is 23.2 Å². The fourth-order valence-electron chi connectivity index (χ4n) is 0.974. The molecule has 1 rings (SSSR count). The van der Waals surface area contributed by atoms with Gasteiger partial charge in [-0.2, -0.15) is 0 Å². The van der Waals surface area contributed by atoms with Crippen molar-refractivity contribution in [2.45, 2.75) is 6.42 Å². The quantitative estimate of drug-likeness (QED) is 0.814. The molecule has 3 nitrogen and oxygen atoms in total. The van der Waals surface area contributed by atoms with Gasteiger partial charge >= 0.3 is 5.97 Å². The van der Waals surface area contributed by atoms with Crippen LogP contribution in [-0.4, -0.2) is 16.9 Å². The van der Waals surface area contributed by atoms with Crippen LogP contribution in [-0.2, 0) is 16.0 Å². The van der Waals surface area contributed by atoms with Gasteiger partial charge in [-0.25, -0.2) is 4.79 Å². The van der Waals surface area contributed by atoms with E-state index in [1.165, 1.54) is 18.2 Å². The van der Waals surface area contributed by atoms with Crippen LogP contribution >= 0.6 is 23.2 Å². The number of carboxylic acid groups (broad SMARTS) is 1. The number of carbonyl (C=O) groups is 2. The Balaban J connectivity index is 2.87. The molecule has 14 heavy (non-hydrogen) atoms. The van der Waals surface area contributed by atoms with E-state index in [1.54, 1.807) is 0 Å². The highest BCUT2D eigenvalue weighted by Gasteiger charge is 2.12. The second kappa shape index (κ2) is 4.44. The lowest BCUT2D eigenvalue weighted by atomic mass is 10.1. The van der Waals surface area contributed by atoms with Gasteiger partial charge in [0, 0.05) is 16.5 Å². The standard InChI is InChI=1S/C9H6Cl2O3/c10-6-1-5(2-7(11)4-6)3-8(12)9(13)14/h1-2,4H,3H2,(H,13,14). The smallest absolute Gasteiger partial charge is 0.372 e. The van der Waals surface area contributed by atoms with E-state index >= 15 is 0 Å². The molecule has 0 radical (unpaired) electrons. The average Bonchev–Trinajstić information content (AvgIpc) is 2.01. The maximum atomic E-state index is 10.8. The first-order valence-electron chi connectivity index (χ1n) is 3.70. The normalized spacial score (nSPS) is 9.86. The van der Waals surface area contributed by atoms with E-state index in [-0.39, 0.29) is 6.42 Å². The van der Waals surface area contributed by atoms with Crippen LogP contribution in [0, 0.1) is 0 Å². The van der Waals surface area contributed by atoms with Crippen LogP contribution in [0.25, 0.3) is 0 Å². The number of aliphatic carboxylic acids is 1. The molecule has 0 aromatic heterocycles. The molecule has 0 aliphatic rings. The Labute approximate surface area is 90.3 Å². The Kier molecular flexibility index (Phi) is 3.49. The SMILES string of the molecule is O=C(O)C(=O)Cc1cc(Cl)cc(Cl)c1. The molecule has 0 amide bonds. The molecule has 0 bridgehead atoms. The summed E-state index contributed by atoms with van der Waals surface area (Å²) in [5.74, 6) is -2.34. The van der Waals surface area contributed by atoms with Crippen molar-refractivity contribution < 1.29 is 14.7 Å². The van der Waals surface area contributed by atoms with Crippen molar-refractivity contribution in [3.8, 4) is 0 Å². The predicted octanol–water partition coefficient (Wildman–Crippen LogP) is 2.19. The first-order valence-corrected chi connectivity index (χ1v) is 4.45. The Morgan fingerprint density at radius 1 is 1.14 bits per heavy atom. The lowest BCUT2D eigenvalue weighted by molar-refractivity contribution is -0.148. The number of halogens is 2. The summed E-state index contributed by atoms with van der Waals surface area (Å²) < 4.78 is 0. The monoisotopic (exact) mass is 232 g/mol. The molecule has 0 heterocycles.